The van der Waals surface area contributed by atoms with Crippen molar-refractivity contribution >= 4 is 39.1 Å². The van der Waals surface area contributed by atoms with E-state index in [9.17, 15) is 18.0 Å². The van der Waals surface area contributed by atoms with Gasteiger partial charge in [-0.2, -0.15) is 0 Å². The van der Waals surface area contributed by atoms with E-state index in [0.717, 1.165) is 47.5 Å². The number of benzene rings is 4. The molecule has 0 aromatic heterocycles. The first-order chi connectivity index (χ1) is 22.7. The van der Waals surface area contributed by atoms with Crippen LogP contribution >= 0.6 is 11.6 Å². The zero-order valence-electron chi connectivity index (χ0n) is 26.4. The second-order valence-corrected chi connectivity index (χ2v) is 14.0. The number of rotatable bonds is 13. The van der Waals surface area contributed by atoms with E-state index in [1.54, 1.807) is 36.4 Å². The van der Waals surface area contributed by atoms with Gasteiger partial charge in [-0.1, -0.05) is 91.5 Å². The summed E-state index contributed by atoms with van der Waals surface area (Å²) >= 11 is 6.16. The van der Waals surface area contributed by atoms with Crippen molar-refractivity contribution in [2.24, 2.45) is 0 Å². The van der Waals surface area contributed by atoms with Gasteiger partial charge in [0.05, 0.1) is 17.7 Å². The number of hydrogen-bond acceptors (Lipinski definition) is 5. The Hall–Kier alpha value is -4.34. The second kappa shape index (κ2) is 16.0. The van der Waals surface area contributed by atoms with Gasteiger partial charge in [-0.25, -0.2) is 8.42 Å². The molecule has 8 nitrogen and oxygen atoms in total. The summed E-state index contributed by atoms with van der Waals surface area (Å²) in [7, 11) is -2.73. The van der Waals surface area contributed by atoms with Crippen molar-refractivity contribution in [3.05, 3.63) is 125 Å². The molecule has 1 saturated carbocycles. The molecule has 4 aromatic rings. The average Bonchev–Trinajstić information content (AvgIpc) is 3.10. The monoisotopic (exact) mass is 673 g/mol. The van der Waals surface area contributed by atoms with Crippen molar-refractivity contribution in [2.75, 3.05) is 18.0 Å². The number of nitrogens with zero attached hydrogens (tertiary/aromatic N) is 2. The largest absolute Gasteiger partial charge is 0.497 e. The predicted molar refractivity (Wildman–Crippen MR) is 185 cm³/mol. The van der Waals surface area contributed by atoms with Crippen LogP contribution in [0, 0.1) is 0 Å². The molecule has 1 fully saturated rings. The normalized spacial score (nSPS) is 14.2. The van der Waals surface area contributed by atoms with E-state index >= 15 is 0 Å². The van der Waals surface area contributed by atoms with Crippen LogP contribution in [0.3, 0.4) is 0 Å². The molecule has 47 heavy (non-hydrogen) atoms. The van der Waals surface area contributed by atoms with Crippen molar-refractivity contribution in [3.63, 3.8) is 0 Å². The molecule has 246 valence electrons. The minimum Gasteiger partial charge on any atom is -0.497 e. The molecule has 4 aromatic carbocycles. The fraction of sp³-hybridized carbons (Fsp3) is 0.297. The number of hydrogen-bond donors (Lipinski definition) is 1. The SMILES string of the molecule is COc1ccc(S(=O)(=O)N(CC(=O)N(Cc2ccccc2)[C@H](Cc2ccccc2)C(=O)NC2CCCCC2)c2ccc(Cl)cc2)cc1. The van der Waals surface area contributed by atoms with E-state index in [1.165, 1.54) is 24.1 Å². The van der Waals surface area contributed by atoms with Crippen molar-refractivity contribution in [1.29, 1.82) is 0 Å². The van der Waals surface area contributed by atoms with E-state index in [0.29, 0.717) is 10.8 Å². The van der Waals surface area contributed by atoms with Crippen LogP contribution in [0.5, 0.6) is 5.75 Å². The summed E-state index contributed by atoms with van der Waals surface area (Å²) in [5.74, 6) is -0.262. The molecular formula is C37H40ClN3O5S. The van der Waals surface area contributed by atoms with Crippen LogP contribution in [0.25, 0.3) is 0 Å². The zero-order chi connectivity index (χ0) is 33.2. The highest BCUT2D eigenvalue weighted by atomic mass is 35.5. The first kappa shape index (κ1) is 34.0. The molecule has 0 radical (unpaired) electrons. The molecule has 5 rings (SSSR count). The van der Waals surface area contributed by atoms with Gasteiger partial charge in [0.15, 0.2) is 0 Å². The third kappa shape index (κ3) is 8.93. The molecule has 0 spiro atoms. The quantitative estimate of drug-likeness (QED) is 0.172. The molecular weight excluding hydrogens is 634 g/mol. The number of carbonyl (C=O) groups is 2. The maximum Gasteiger partial charge on any atom is 0.264 e. The third-order valence-electron chi connectivity index (χ3n) is 8.46. The van der Waals surface area contributed by atoms with Crippen LogP contribution in [0.4, 0.5) is 5.69 Å². The van der Waals surface area contributed by atoms with Gasteiger partial charge in [0.1, 0.15) is 18.3 Å². The lowest BCUT2D eigenvalue weighted by Gasteiger charge is -2.35. The Labute approximate surface area is 282 Å². The van der Waals surface area contributed by atoms with Crippen LogP contribution in [0.2, 0.25) is 5.02 Å². The molecule has 0 aliphatic heterocycles. The highest BCUT2D eigenvalue weighted by Crippen LogP contribution is 2.28. The van der Waals surface area contributed by atoms with Gasteiger partial charge in [0.25, 0.3) is 10.0 Å². The third-order valence-corrected chi connectivity index (χ3v) is 10.5. The minimum atomic E-state index is -4.23. The van der Waals surface area contributed by atoms with E-state index in [2.05, 4.69) is 5.32 Å². The lowest BCUT2D eigenvalue weighted by molar-refractivity contribution is -0.140. The molecule has 1 atom stereocenters. The van der Waals surface area contributed by atoms with Crippen molar-refractivity contribution in [2.45, 2.75) is 62.0 Å². The fourth-order valence-corrected chi connectivity index (χ4v) is 7.43. The number of amides is 2. The summed E-state index contributed by atoms with van der Waals surface area (Å²) in [5.41, 5.74) is 1.98. The number of halogens is 1. The molecule has 1 aliphatic rings. The average molecular weight is 674 g/mol. The Morgan fingerprint density at radius 1 is 0.830 bits per heavy atom. The Kier molecular flexibility index (Phi) is 11.6. The molecule has 0 heterocycles. The van der Waals surface area contributed by atoms with Crippen molar-refractivity contribution in [3.8, 4) is 5.75 Å². The Balaban J connectivity index is 1.54. The predicted octanol–water partition coefficient (Wildman–Crippen LogP) is 6.63. The number of carbonyl (C=O) groups excluding carboxylic acids is 2. The smallest absolute Gasteiger partial charge is 0.264 e. The van der Waals surface area contributed by atoms with E-state index in [-0.39, 0.29) is 35.5 Å². The van der Waals surface area contributed by atoms with Crippen LogP contribution in [0.1, 0.15) is 43.2 Å². The highest BCUT2D eigenvalue weighted by Gasteiger charge is 2.35. The van der Waals surface area contributed by atoms with Crippen LogP contribution in [0.15, 0.2) is 114 Å². The van der Waals surface area contributed by atoms with E-state index < -0.39 is 28.5 Å². The topological polar surface area (TPSA) is 96.0 Å². The Bertz CT molecular complexity index is 1710. The van der Waals surface area contributed by atoms with Gasteiger partial charge < -0.3 is 15.0 Å². The molecule has 0 bridgehead atoms. The molecule has 0 saturated heterocycles. The molecule has 2 amide bonds. The fourth-order valence-electron chi connectivity index (χ4n) is 5.89. The minimum absolute atomic E-state index is 0.00784. The number of sulfonamides is 1. The van der Waals surface area contributed by atoms with Crippen LogP contribution < -0.4 is 14.4 Å². The van der Waals surface area contributed by atoms with Gasteiger partial charge in [0, 0.05) is 24.0 Å². The van der Waals surface area contributed by atoms with Gasteiger partial charge in [-0.15, -0.1) is 0 Å². The Morgan fingerprint density at radius 2 is 1.43 bits per heavy atom. The van der Waals surface area contributed by atoms with Crippen LogP contribution in [-0.2, 0) is 32.6 Å². The number of methoxy groups -OCH3 is 1. The number of nitrogens with one attached hydrogen (secondary N) is 1. The van der Waals surface area contributed by atoms with Crippen molar-refractivity contribution in [1.82, 2.24) is 10.2 Å². The molecule has 1 aliphatic carbocycles. The summed E-state index contributed by atoms with van der Waals surface area (Å²) in [5, 5.41) is 3.65. The number of ether oxygens (including phenoxy) is 1. The maximum atomic E-state index is 14.6. The van der Waals surface area contributed by atoms with Gasteiger partial charge >= 0.3 is 0 Å². The summed E-state index contributed by atoms with van der Waals surface area (Å²) in [6.45, 7) is -0.420. The van der Waals surface area contributed by atoms with Gasteiger partial charge in [-0.05, 0) is 72.5 Å². The number of anilines is 1. The van der Waals surface area contributed by atoms with Gasteiger partial charge in [0.2, 0.25) is 11.8 Å². The first-order valence-corrected chi connectivity index (χ1v) is 17.7. The first-order valence-electron chi connectivity index (χ1n) is 15.8. The van der Waals surface area contributed by atoms with Crippen LogP contribution in [-0.4, -0.2) is 50.9 Å². The summed E-state index contributed by atoms with van der Waals surface area (Å²) in [6, 6.07) is 30.4. The highest BCUT2D eigenvalue weighted by molar-refractivity contribution is 7.92. The van der Waals surface area contributed by atoms with Gasteiger partial charge in [-0.3, -0.25) is 13.9 Å². The van der Waals surface area contributed by atoms with E-state index in [4.69, 9.17) is 16.3 Å². The summed E-state index contributed by atoms with van der Waals surface area (Å²) in [6.07, 6.45) is 5.27. The maximum absolute atomic E-state index is 14.6. The van der Waals surface area contributed by atoms with E-state index in [1.807, 2.05) is 60.7 Å². The lowest BCUT2D eigenvalue weighted by Crippen LogP contribution is -2.55. The summed E-state index contributed by atoms with van der Waals surface area (Å²) < 4.78 is 34.7. The second-order valence-electron chi connectivity index (χ2n) is 11.7. The Morgan fingerprint density at radius 3 is 2.02 bits per heavy atom. The molecule has 10 heteroatoms. The standard InChI is InChI=1S/C37H40ClN3O5S/c1-46-33-21-23-34(24-22-33)47(44,45)41(32-19-17-30(38)18-20-32)27-36(42)40(26-29-13-7-3-8-14-29)35(25-28-11-5-2-6-12-28)37(43)39-31-15-9-4-10-16-31/h2-3,5-8,11-14,17-24,31,35H,4,9-10,15-16,25-27H2,1H3,(H,39,43)/t35-/m1/s1. The van der Waals surface area contributed by atoms with Crippen molar-refractivity contribution < 1.29 is 22.7 Å². The molecule has 1 N–H and O–H groups in total. The molecule has 0 unspecified atom stereocenters. The zero-order valence-corrected chi connectivity index (χ0v) is 28.0. The summed E-state index contributed by atoms with van der Waals surface area (Å²) in [4.78, 5) is 30.3. The lowest BCUT2D eigenvalue weighted by atomic mass is 9.94.